The molecule has 24 heavy (non-hydrogen) atoms. The van der Waals surface area contributed by atoms with Gasteiger partial charge in [0, 0.05) is 36.2 Å². The zero-order valence-electron chi connectivity index (χ0n) is 13.8. The van der Waals surface area contributed by atoms with E-state index >= 15 is 0 Å². The van der Waals surface area contributed by atoms with Crippen molar-refractivity contribution in [1.82, 2.24) is 9.97 Å². The molecule has 5 nitrogen and oxygen atoms in total. The van der Waals surface area contributed by atoms with Gasteiger partial charge in [-0.2, -0.15) is 0 Å². The van der Waals surface area contributed by atoms with Crippen molar-refractivity contribution in [1.29, 1.82) is 0 Å². The van der Waals surface area contributed by atoms with Crippen molar-refractivity contribution < 1.29 is 4.79 Å². The number of halogens is 1. The molecule has 0 spiro atoms. The summed E-state index contributed by atoms with van der Waals surface area (Å²) in [5, 5.41) is 3.48. The van der Waals surface area contributed by atoms with E-state index < -0.39 is 0 Å². The highest BCUT2D eigenvalue weighted by molar-refractivity contribution is 6.31. The Kier molecular flexibility index (Phi) is 5.30. The molecule has 0 radical (unpaired) electrons. The number of nitrogens with zero attached hydrogens (tertiary/aromatic N) is 3. The molecule has 0 aliphatic carbocycles. The lowest BCUT2D eigenvalue weighted by Gasteiger charge is -2.19. The van der Waals surface area contributed by atoms with Crippen molar-refractivity contribution in [3.05, 3.63) is 46.7 Å². The molecule has 0 unspecified atom stereocenters. The zero-order chi connectivity index (χ0) is 16.9. The Morgan fingerprint density at radius 2 is 1.79 bits per heavy atom. The molecule has 126 valence electrons. The van der Waals surface area contributed by atoms with Crippen molar-refractivity contribution in [2.75, 3.05) is 23.3 Å². The predicted octanol–water partition coefficient (Wildman–Crippen LogP) is 4.07. The van der Waals surface area contributed by atoms with Crippen LogP contribution in [-0.4, -0.2) is 29.0 Å². The summed E-state index contributed by atoms with van der Waals surface area (Å²) in [6.07, 6.45) is 8.02. The second-order valence-corrected chi connectivity index (χ2v) is 6.45. The van der Waals surface area contributed by atoms with Gasteiger partial charge >= 0.3 is 0 Å². The number of benzene rings is 1. The molecule has 0 atom stereocenters. The van der Waals surface area contributed by atoms with E-state index in [1.165, 1.54) is 25.7 Å². The fraction of sp³-hybridized carbons (Fsp3) is 0.389. The van der Waals surface area contributed by atoms with Crippen LogP contribution in [0.15, 0.2) is 30.6 Å². The molecule has 1 N–H and O–H groups in total. The summed E-state index contributed by atoms with van der Waals surface area (Å²) in [7, 11) is 0. The van der Waals surface area contributed by atoms with E-state index in [1.807, 2.05) is 19.1 Å². The van der Waals surface area contributed by atoms with Gasteiger partial charge in [-0.1, -0.05) is 30.5 Å². The maximum absolute atomic E-state index is 12.4. The standard InChI is InChI=1S/C18H21ClN4O/c1-13-15(19)7-6-8-16(13)22-17(24)14-11-20-18(21-12-14)23-9-4-2-3-5-10-23/h6-8,11-12H,2-5,9-10H2,1H3,(H,22,24). The molecule has 1 aliphatic heterocycles. The molecule has 1 aromatic heterocycles. The molecule has 6 heteroatoms. The first-order valence-corrected chi connectivity index (χ1v) is 8.66. The Morgan fingerprint density at radius 3 is 2.46 bits per heavy atom. The number of rotatable bonds is 3. The van der Waals surface area contributed by atoms with E-state index in [9.17, 15) is 4.79 Å². The smallest absolute Gasteiger partial charge is 0.258 e. The molecule has 2 aromatic rings. The molecule has 0 saturated carbocycles. The van der Waals surface area contributed by atoms with Crippen molar-refractivity contribution in [3.8, 4) is 0 Å². The average molecular weight is 345 g/mol. The first-order valence-electron chi connectivity index (χ1n) is 8.28. The Morgan fingerprint density at radius 1 is 1.12 bits per heavy atom. The van der Waals surface area contributed by atoms with Gasteiger partial charge in [0.15, 0.2) is 0 Å². The Bertz CT molecular complexity index is 709. The first kappa shape index (κ1) is 16.7. The predicted molar refractivity (Wildman–Crippen MR) is 96.9 cm³/mol. The van der Waals surface area contributed by atoms with E-state index in [-0.39, 0.29) is 5.91 Å². The van der Waals surface area contributed by atoms with Gasteiger partial charge in [0.25, 0.3) is 5.91 Å². The van der Waals surface area contributed by atoms with Crippen LogP contribution in [0.25, 0.3) is 0 Å². The highest BCUT2D eigenvalue weighted by Gasteiger charge is 2.14. The SMILES string of the molecule is Cc1c(Cl)cccc1NC(=O)c1cnc(N2CCCCCC2)nc1. The normalized spacial score (nSPS) is 15.0. The third-order valence-corrected chi connectivity index (χ3v) is 4.71. The third-order valence-electron chi connectivity index (χ3n) is 4.31. The fourth-order valence-electron chi connectivity index (χ4n) is 2.81. The minimum Gasteiger partial charge on any atom is -0.341 e. The van der Waals surface area contributed by atoms with E-state index in [2.05, 4.69) is 20.2 Å². The summed E-state index contributed by atoms with van der Waals surface area (Å²) in [5.74, 6) is 0.468. The average Bonchev–Trinajstić information content (AvgIpc) is 2.88. The van der Waals surface area contributed by atoms with Gasteiger partial charge in [0.05, 0.1) is 5.56 Å². The third kappa shape index (κ3) is 3.85. The summed E-state index contributed by atoms with van der Waals surface area (Å²) in [5.41, 5.74) is 1.98. The molecule has 3 rings (SSSR count). The van der Waals surface area contributed by atoms with Crippen molar-refractivity contribution in [2.24, 2.45) is 0 Å². The fourth-order valence-corrected chi connectivity index (χ4v) is 2.98. The summed E-state index contributed by atoms with van der Waals surface area (Å²) in [4.78, 5) is 23.3. The van der Waals surface area contributed by atoms with Crippen LogP contribution in [0.5, 0.6) is 0 Å². The Hall–Kier alpha value is -2.14. The van der Waals surface area contributed by atoms with E-state index in [0.717, 1.165) is 18.7 Å². The van der Waals surface area contributed by atoms with Gasteiger partial charge in [-0.05, 0) is 37.5 Å². The van der Waals surface area contributed by atoms with Crippen LogP contribution in [0.4, 0.5) is 11.6 Å². The van der Waals surface area contributed by atoms with Crippen LogP contribution in [0.2, 0.25) is 5.02 Å². The van der Waals surface area contributed by atoms with Gasteiger partial charge in [-0.15, -0.1) is 0 Å². The van der Waals surface area contributed by atoms with E-state index in [1.54, 1.807) is 18.5 Å². The molecule has 1 aliphatic rings. The van der Waals surface area contributed by atoms with Crippen LogP contribution in [-0.2, 0) is 0 Å². The summed E-state index contributed by atoms with van der Waals surface area (Å²) in [6.45, 7) is 3.83. The van der Waals surface area contributed by atoms with Gasteiger partial charge in [0.1, 0.15) is 0 Å². The van der Waals surface area contributed by atoms with E-state index in [0.29, 0.717) is 22.2 Å². The highest BCUT2D eigenvalue weighted by Crippen LogP contribution is 2.23. The molecular weight excluding hydrogens is 324 g/mol. The minimum atomic E-state index is -0.234. The maximum atomic E-state index is 12.4. The van der Waals surface area contributed by atoms with Crippen LogP contribution in [0.1, 0.15) is 41.6 Å². The number of anilines is 2. The monoisotopic (exact) mass is 344 g/mol. The van der Waals surface area contributed by atoms with Crippen LogP contribution >= 0.6 is 11.6 Å². The number of amides is 1. The van der Waals surface area contributed by atoms with Crippen LogP contribution in [0.3, 0.4) is 0 Å². The number of carbonyl (C=O) groups excluding carboxylic acids is 1. The van der Waals surface area contributed by atoms with Crippen LogP contribution in [0, 0.1) is 6.92 Å². The summed E-state index contributed by atoms with van der Waals surface area (Å²) in [6, 6.07) is 5.43. The zero-order valence-corrected chi connectivity index (χ0v) is 14.5. The first-order chi connectivity index (χ1) is 11.6. The van der Waals surface area contributed by atoms with Gasteiger partial charge < -0.3 is 10.2 Å². The molecule has 1 aromatic carbocycles. The molecule has 0 bridgehead atoms. The van der Waals surface area contributed by atoms with Crippen molar-refractivity contribution in [2.45, 2.75) is 32.6 Å². The number of hydrogen-bond acceptors (Lipinski definition) is 4. The lowest BCUT2D eigenvalue weighted by molar-refractivity contribution is 0.102. The second kappa shape index (κ2) is 7.62. The molecule has 1 amide bonds. The van der Waals surface area contributed by atoms with Gasteiger partial charge in [-0.3, -0.25) is 4.79 Å². The lowest BCUT2D eigenvalue weighted by Crippen LogP contribution is -2.26. The topological polar surface area (TPSA) is 58.1 Å². The van der Waals surface area contributed by atoms with Crippen LogP contribution < -0.4 is 10.2 Å². The molecular formula is C18H21ClN4O. The van der Waals surface area contributed by atoms with E-state index in [4.69, 9.17) is 11.6 Å². The number of hydrogen-bond donors (Lipinski definition) is 1. The number of nitrogens with one attached hydrogen (secondary N) is 1. The maximum Gasteiger partial charge on any atom is 0.258 e. The number of carbonyl (C=O) groups is 1. The highest BCUT2D eigenvalue weighted by atomic mass is 35.5. The quantitative estimate of drug-likeness (QED) is 0.911. The second-order valence-electron chi connectivity index (χ2n) is 6.04. The molecule has 1 fully saturated rings. The van der Waals surface area contributed by atoms with Crippen molar-refractivity contribution in [3.63, 3.8) is 0 Å². The number of aromatic nitrogens is 2. The minimum absolute atomic E-state index is 0.234. The Balaban J connectivity index is 1.70. The van der Waals surface area contributed by atoms with Gasteiger partial charge in [0.2, 0.25) is 5.95 Å². The summed E-state index contributed by atoms with van der Waals surface area (Å²) >= 11 is 6.08. The lowest BCUT2D eigenvalue weighted by atomic mass is 10.2. The largest absolute Gasteiger partial charge is 0.341 e. The summed E-state index contributed by atoms with van der Waals surface area (Å²) < 4.78 is 0. The molecule has 2 heterocycles. The van der Waals surface area contributed by atoms with Gasteiger partial charge in [-0.25, -0.2) is 9.97 Å². The molecule has 1 saturated heterocycles. The van der Waals surface area contributed by atoms with Crippen molar-refractivity contribution >= 4 is 29.1 Å². The Labute approximate surface area is 147 Å².